The van der Waals surface area contributed by atoms with Crippen LogP contribution in [0, 0.1) is 5.82 Å². The van der Waals surface area contributed by atoms with E-state index in [0.717, 1.165) is 0 Å². The molecule has 1 aliphatic rings. The first-order valence-corrected chi connectivity index (χ1v) is 9.12. The van der Waals surface area contributed by atoms with Gasteiger partial charge in [0.05, 0.1) is 36.6 Å². The summed E-state index contributed by atoms with van der Waals surface area (Å²) >= 11 is 0. The van der Waals surface area contributed by atoms with E-state index in [1.807, 2.05) is 0 Å². The van der Waals surface area contributed by atoms with Crippen molar-refractivity contribution in [3.05, 3.63) is 94.8 Å². The normalized spacial score (nSPS) is 17.1. The van der Waals surface area contributed by atoms with E-state index >= 15 is 4.39 Å². The molecule has 7 heteroatoms. The van der Waals surface area contributed by atoms with Gasteiger partial charge < -0.3 is 19.5 Å². The van der Waals surface area contributed by atoms with Crippen LogP contribution >= 0.6 is 0 Å². The zero-order valence-corrected chi connectivity index (χ0v) is 16.3. The molecule has 0 saturated carbocycles. The lowest BCUT2D eigenvalue weighted by Crippen LogP contribution is -2.38. The maximum absolute atomic E-state index is 15.0. The van der Waals surface area contributed by atoms with Crippen molar-refractivity contribution in [2.75, 3.05) is 19.5 Å². The van der Waals surface area contributed by atoms with Crippen molar-refractivity contribution in [2.45, 2.75) is 5.72 Å². The number of cyclic esters (lactones) is 1. The zero-order chi connectivity index (χ0) is 21.3. The molecule has 3 aromatic rings. The Labute approximate surface area is 172 Å². The molecule has 0 radical (unpaired) electrons. The highest BCUT2D eigenvalue weighted by molar-refractivity contribution is 5.98. The van der Waals surface area contributed by atoms with E-state index in [1.165, 1.54) is 32.4 Å². The van der Waals surface area contributed by atoms with Crippen LogP contribution in [0.3, 0.4) is 0 Å². The fraction of sp³-hybridized carbons (Fsp3) is 0.130. The first-order valence-electron chi connectivity index (χ1n) is 9.12. The summed E-state index contributed by atoms with van der Waals surface area (Å²) in [6.07, 6.45) is 0. The first-order chi connectivity index (χ1) is 14.5. The molecule has 0 fully saturated rings. The minimum absolute atomic E-state index is 0.0415. The van der Waals surface area contributed by atoms with Crippen LogP contribution in [-0.2, 0) is 15.2 Å². The summed E-state index contributed by atoms with van der Waals surface area (Å²) in [4.78, 5) is 24.9. The Morgan fingerprint density at radius 1 is 1.00 bits per heavy atom. The van der Waals surface area contributed by atoms with Crippen LogP contribution in [0.1, 0.15) is 31.8 Å². The number of hydrogen-bond acceptors (Lipinski definition) is 6. The van der Waals surface area contributed by atoms with Crippen LogP contribution in [0.4, 0.5) is 10.1 Å². The van der Waals surface area contributed by atoms with Gasteiger partial charge in [0.15, 0.2) is 0 Å². The average Bonchev–Trinajstić information content (AvgIpc) is 3.07. The number of nitrogens with one attached hydrogen (secondary N) is 1. The van der Waals surface area contributed by atoms with Crippen molar-refractivity contribution in [1.29, 1.82) is 0 Å². The van der Waals surface area contributed by atoms with Gasteiger partial charge in [0.1, 0.15) is 11.6 Å². The molecule has 1 N–H and O–H groups in total. The summed E-state index contributed by atoms with van der Waals surface area (Å²) in [6.45, 7) is 0. The van der Waals surface area contributed by atoms with E-state index in [2.05, 4.69) is 5.32 Å². The number of esters is 2. The smallest absolute Gasteiger partial charge is 0.341 e. The number of para-hydroxylation sites is 1. The van der Waals surface area contributed by atoms with Crippen molar-refractivity contribution >= 4 is 17.6 Å². The molecule has 3 aromatic carbocycles. The first kappa shape index (κ1) is 19.4. The number of benzene rings is 3. The van der Waals surface area contributed by atoms with E-state index in [0.29, 0.717) is 17.0 Å². The molecular weight excluding hydrogens is 389 g/mol. The third-order valence-corrected chi connectivity index (χ3v) is 4.97. The van der Waals surface area contributed by atoms with Gasteiger partial charge >= 0.3 is 11.9 Å². The van der Waals surface area contributed by atoms with Gasteiger partial charge in [-0.2, -0.15) is 0 Å². The van der Waals surface area contributed by atoms with E-state index in [1.54, 1.807) is 48.5 Å². The summed E-state index contributed by atoms with van der Waals surface area (Å²) < 4.78 is 30.8. The summed E-state index contributed by atoms with van der Waals surface area (Å²) in [5.74, 6) is -1.29. The second-order valence-corrected chi connectivity index (χ2v) is 6.62. The summed E-state index contributed by atoms with van der Waals surface area (Å²) in [5, 5.41) is 3.09. The highest BCUT2D eigenvalue weighted by Gasteiger charge is 2.50. The van der Waals surface area contributed by atoms with E-state index < -0.39 is 23.5 Å². The van der Waals surface area contributed by atoms with Gasteiger partial charge in [-0.3, -0.25) is 0 Å². The van der Waals surface area contributed by atoms with Gasteiger partial charge in [0.2, 0.25) is 5.72 Å². The lowest BCUT2D eigenvalue weighted by Gasteiger charge is -2.32. The predicted molar refractivity (Wildman–Crippen MR) is 107 cm³/mol. The number of methoxy groups -OCH3 is 2. The minimum Gasteiger partial charge on any atom is -0.497 e. The van der Waals surface area contributed by atoms with Crippen LogP contribution in [0.5, 0.6) is 5.75 Å². The topological polar surface area (TPSA) is 73.9 Å². The lowest BCUT2D eigenvalue weighted by atomic mass is 9.91. The average molecular weight is 407 g/mol. The number of carbonyl (C=O) groups is 2. The lowest BCUT2D eigenvalue weighted by molar-refractivity contribution is 0.0205. The molecule has 0 spiro atoms. The van der Waals surface area contributed by atoms with E-state index in [9.17, 15) is 9.59 Å². The van der Waals surface area contributed by atoms with Crippen molar-refractivity contribution in [3.63, 3.8) is 0 Å². The van der Waals surface area contributed by atoms with E-state index in [-0.39, 0.29) is 16.7 Å². The maximum atomic E-state index is 15.0. The monoisotopic (exact) mass is 407 g/mol. The Hall–Kier alpha value is -3.87. The van der Waals surface area contributed by atoms with Gasteiger partial charge in [-0.25, -0.2) is 14.0 Å². The second-order valence-electron chi connectivity index (χ2n) is 6.62. The second kappa shape index (κ2) is 7.51. The van der Waals surface area contributed by atoms with Crippen molar-refractivity contribution in [1.82, 2.24) is 0 Å². The number of hydrogen-bond donors (Lipinski definition) is 1. The Kier molecular flexibility index (Phi) is 4.87. The number of rotatable bonds is 5. The minimum atomic E-state index is -1.69. The largest absolute Gasteiger partial charge is 0.497 e. The van der Waals surface area contributed by atoms with Crippen molar-refractivity contribution in [3.8, 4) is 5.75 Å². The molecule has 6 nitrogen and oxygen atoms in total. The standard InChI is InChI=1S/C23H18FNO5/c1-28-15-12-10-14(11-13-15)23(20-17(22(27)30-23)7-5-8-18(20)24)25-19-9-4-3-6-16(19)21(26)29-2/h3-13,25H,1-2H3. The number of fused-ring (bicyclic) bond motifs is 1. The molecule has 0 bridgehead atoms. The summed E-state index contributed by atoms with van der Waals surface area (Å²) in [5.41, 5.74) is -0.541. The van der Waals surface area contributed by atoms with Crippen LogP contribution in [0.25, 0.3) is 0 Å². The molecule has 0 amide bonds. The molecule has 4 rings (SSSR count). The third kappa shape index (κ3) is 3.04. The van der Waals surface area contributed by atoms with E-state index in [4.69, 9.17) is 14.2 Å². The Morgan fingerprint density at radius 2 is 1.73 bits per heavy atom. The van der Waals surface area contributed by atoms with Crippen LogP contribution in [0.2, 0.25) is 0 Å². The fourth-order valence-corrected chi connectivity index (χ4v) is 3.56. The Bertz CT molecular complexity index is 1130. The quantitative estimate of drug-likeness (QED) is 0.642. The molecule has 1 aliphatic heterocycles. The predicted octanol–water partition coefficient (Wildman–Crippen LogP) is 4.10. The molecule has 0 aromatic heterocycles. The van der Waals surface area contributed by atoms with Gasteiger partial charge in [-0.05, 0) is 48.5 Å². The Balaban J connectivity index is 1.94. The summed E-state index contributed by atoms with van der Waals surface area (Å²) in [6, 6.07) is 17.5. The van der Waals surface area contributed by atoms with Crippen LogP contribution < -0.4 is 10.1 Å². The van der Waals surface area contributed by atoms with Gasteiger partial charge in [-0.15, -0.1) is 0 Å². The highest BCUT2D eigenvalue weighted by Crippen LogP contribution is 2.44. The molecule has 1 heterocycles. The number of carbonyl (C=O) groups excluding carboxylic acids is 2. The number of ether oxygens (including phenoxy) is 3. The Morgan fingerprint density at radius 3 is 2.43 bits per heavy atom. The highest BCUT2D eigenvalue weighted by atomic mass is 19.1. The van der Waals surface area contributed by atoms with Crippen molar-refractivity contribution < 1.29 is 28.2 Å². The molecule has 152 valence electrons. The molecular formula is C23H18FNO5. The summed E-state index contributed by atoms with van der Waals surface area (Å²) in [7, 11) is 2.79. The van der Waals surface area contributed by atoms with Crippen molar-refractivity contribution in [2.24, 2.45) is 0 Å². The number of halogens is 1. The van der Waals surface area contributed by atoms with Crippen LogP contribution in [0.15, 0.2) is 66.7 Å². The maximum Gasteiger partial charge on any atom is 0.341 e. The molecule has 1 atom stereocenters. The van der Waals surface area contributed by atoms with Crippen LogP contribution in [-0.4, -0.2) is 26.2 Å². The van der Waals surface area contributed by atoms with Gasteiger partial charge in [0.25, 0.3) is 0 Å². The molecule has 0 saturated heterocycles. The SMILES string of the molecule is COC(=O)c1ccccc1NC1(c2ccc(OC)cc2)OC(=O)c2cccc(F)c21. The molecule has 30 heavy (non-hydrogen) atoms. The molecule has 0 aliphatic carbocycles. The van der Waals surface area contributed by atoms with Gasteiger partial charge in [-0.1, -0.05) is 18.2 Å². The third-order valence-electron chi connectivity index (χ3n) is 4.97. The zero-order valence-electron chi connectivity index (χ0n) is 16.3. The fourth-order valence-electron chi connectivity index (χ4n) is 3.56. The van der Waals surface area contributed by atoms with Gasteiger partial charge in [0, 0.05) is 5.56 Å². The molecule has 1 unspecified atom stereocenters. The number of anilines is 1.